The number of nitrogens with one attached hydrogen (secondary N) is 1. The van der Waals surface area contributed by atoms with Crippen LogP contribution >= 0.6 is 0 Å². The normalized spacial score (nSPS) is 18.5. The molecule has 0 aromatic rings. The highest BCUT2D eigenvalue weighted by Gasteiger charge is 2.42. The highest BCUT2D eigenvalue weighted by molar-refractivity contribution is 5.81. The lowest BCUT2D eigenvalue weighted by atomic mass is 9.96. The predicted molar refractivity (Wildman–Crippen MR) is 65.1 cm³/mol. The number of amides is 1. The van der Waals surface area contributed by atoms with Crippen LogP contribution in [0.3, 0.4) is 0 Å². The second-order valence-electron chi connectivity index (χ2n) is 5.31. The molecule has 4 heteroatoms. The van der Waals surface area contributed by atoms with Gasteiger partial charge in [0.15, 0.2) is 0 Å². The van der Waals surface area contributed by atoms with Gasteiger partial charge in [-0.25, -0.2) is 0 Å². The van der Waals surface area contributed by atoms with E-state index < -0.39 is 5.92 Å². The third kappa shape index (κ3) is 4.01. The Labute approximate surface area is 103 Å². The second-order valence-corrected chi connectivity index (χ2v) is 5.31. The molecule has 0 bridgehead atoms. The monoisotopic (exact) mass is 238 g/mol. The van der Waals surface area contributed by atoms with Crippen molar-refractivity contribution in [1.29, 1.82) is 5.26 Å². The van der Waals surface area contributed by atoms with Crippen molar-refractivity contribution in [2.24, 2.45) is 17.3 Å². The summed E-state index contributed by atoms with van der Waals surface area (Å²) in [5.74, 6) is -0.603. The first-order valence-electron chi connectivity index (χ1n) is 6.21. The van der Waals surface area contributed by atoms with Crippen molar-refractivity contribution in [1.82, 2.24) is 5.32 Å². The van der Waals surface area contributed by atoms with Crippen LogP contribution in [-0.2, 0) is 9.53 Å². The summed E-state index contributed by atoms with van der Waals surface area (Å²) in [6, 6.07) is 2.06. The van der Waals surface area contributed by atoms with E-state index in [0.29, 0.717) is 6.54 Å². The molecule has 1 atom stereocenters. The molecule has 0 spiro atoms. The first kappa shape index (κ1) is 14.0. The summed E-state index contributed by atoms with van der Waals surface area (Å²) in [5, 5.41) is 11.8. The van der Waals surface area contributed by atoms with Gasteiger partial charge in [-0.15, -0.1) is 0 Å². The molecule has 1 rings (SSSR count). The molecule has 1 aliphatic carbocycles. The molecule has 0 heterocycles. The van der Waals surface area contributed by atoms with Gasteiger partial charge in [0.1, 0.15) is 5.92 Å². The van der Waals surface area contributed by atoms with Gasteiger partial charge in [-0.2, -0.15) is 5.26 Å². The summed E-state index contributed by atoms with van der Waals surface area (Å²) < 4.78 is 5.07. The first-order chi connectivity index (χ1) is 8.04. The van der Waals surface area contributed by atoms with Gasteiger partial charge in [-0.3, -0.25) is 4.79 Å². The number of carbonyl (C=O) groups is 1. The van der Waals surface area contributed by atoms with Gasteiger partial charge >= 0.3 is 0 Å². The topological polar surface area (TPSA) is 62.1 Å². The minimum Gasteiger partial charge on any atom is -0.385 e. The molecule has 0 radical (unpaired) electrons. The molecule has 0 aromatic heterocycles. The van der Waals surface area contributed by atoms with E-state index in [-0.39, 0.29) is 17.2 Å². The third-order valence-electron chi connectivity index (χ3n) is 3.52. The van der Waals surface area contributed by atoms with Crippen molar-refractivity contribution in [2.75, 3.05) is 20.3 Å². The van der Waals surface area contributed by atoms with Gasteiger partial charge in [0.2, 0.25) is 5.91 Å². The Morgan fingerprint density at radius 1 is 1.53 bits per heavy atom. The number of hydrogen-bond acceptors (Lipinski definition) is 3. The minimum absolute atomic E-state index is 0.0640. The molecule has 1 N–H and O–H groups in total. The summed E-state index contributed by atoms with van der Waals surface area (Å²) >= 11 is 0. The fraction of sp³-hybridized carbons (Fsp3) is 0.846. The van der Waals surface area contributed by atoms with Crippen molar-refractivity contribution in [3.8, 4) is 6.07 Å². The highest BCUT2D eigenvalue weighted by Crippen LogP contribution is 2.48. The summed E-state index contributed by atoms with van der Waals surface area (Å²) in [6.07, 6.45) is 3.29. The molecule has 1 aliphatic rings. The first-order valence-corrected chi connectivity index (χ1v) is 6.21. The predicted octanol–water partition coefficient (Wildman–Crippen LogP) is 1.72. The lowest BCUT2D eigenvalue weighted by molar-refractivity contribution is -0.124. The van der Waals surface area contributed by atoms with E-state index in [2.05, 4.69) is 11.4 Å². The van der Waals surface area contributed by atoms with Gasteiger partial charge < -0.3 is 10.1 Å². The SMILES string of the molecule is COCCC1(CNC(=O)C(C#N)C(C)C)CC1. The smallest absolute Gasteiger partial charge is 0.237 e. The molecule has 1 fully saturated rings. The van der Waals surface area contributed by atoms with Crippen LogP contribution < -0.4 is 5.32 Å². The number of ether oxygens (including phenoxy) is 1. The quantitative estimate of drug-likeness (QED) is 0.734. The lowest BCUT2D eigenvalue weighted by Crippen LogP contribution is -2.36. The molecule has 0 aromatic carbocycles. The van der Waals surface area contributed by atoms with Gasteiger partial charge in [-0.1, -0.05) is 13.8 Å². The Morgan fingerprint density at radius 2 is 2.18 bits per heavy atom. The molecule has 4 nitrogen and oxygen atoms in total. The van der Waals surface area contributed by atoms with Gasteiger partial charge in [0, 0.05) is 20.3 Å². The van der Waals surface area contributed by atoms with E-state index in [0.717, 1.165) is 25.9 Å². The maximum absolute atomic E-state index is 11.8. The maximum Gasteiger partial charge on any atom is 0.237 e. The van der Waals surface area contributed by atoms with Gasteiger partial charge in [-0.05, 0) is 30.6 Å². The fourth-order valence-corrected chi connectivity index (χ4v) is 1.91. The molecule has 1 unspecified atom stereocenters. The lowest BCUT2D eigenvalue weighted by Gasteiger charge is -2.18. The average molecular weight is 238 g/mol. The van der Waals surface area contributed by atoms with E-state index >= 15 is 0 Å². The van der Waals surface area contributed by atoms with Crippen molar-refractivity contribution in [2.45, 2.75) is 33.1 Å². The summed E-state index contributed by atoms with van der Waals surface area (Å²) in [7, 11) is 1.69. The van der Waals surface area contributed by atoms with Crippen LogP contribution in [0.2, 0.25) is 0 Å². The van der Waals surface area contributed by atoms with Crippen molar-refractivity contribution < 1.29 is 9.53 Å². The summed E-state index contributed by atoms with van der Waals surface area (Å²) in [6.45, 7) is 5.21. The van der Waals surface area contributed by atoms with Crippen molar-refractivity contribution >= 4 is 5.91 Å². The largest absolute Gasteiger partial charge is 0.385 e. The fourth-order valence-electron chi connectivity index (χ4n) is 1.91. The summed E-state index contributed by atoms with van der Waals surface area (Å²) in [4.78, 5) is 11.8. The van der Waals surface area contributed by atoms with Crippen LogP contribution in [0.4, 0.5) is 0 Å². The van der Waals surface area contributed by atoms with Crippen LogP contribution in [0.1, 0.15) is 33.1 Å². The number of rotatable bonds is 7. The van der Waals surface area contributed by atoms with Gasteiger partial charge in [0.05, 0.1) is 6.07 Å². The Balaban J connectivity index is 2.35. The van der Waals surface area contributed by atoms with E-state index in [4.69, 9.17) is 10.00 Å². The number of nitrogens with zero attached hydrogens (tertiary/aromatic N) is 1. The zero-order chi connectivity index (χ0) is 12.9. The van der Waals surface area contributed by atoms with Gasteiger partial charge in [0.25, 0.3) is 0 Å². The molecular weight excluding hydrogens is 216 g/mol. The van der Waals surface area contributed by atoms with Crippen LogP contribution in [0.5, 0.6) is 0 Å². The zero-order valence-electron chi connectivity index (χ0n) is 11.0. The number of methoxy groups -OCH3 is 1. The van der Waals surface area contributed by atoms with E-state index in [9.17, 15) is 4.79 Å². The molecule has 17 heavy (non-hydrogen) atoms. The van der Waals surface area contributed by atoms with Crippen LogP contribution in [0, 0.1) is 28.6 Å². The molecule has 0 saturated heterocycles. The van der Waals surface area contributed by atoms with Crippen LogP contribution in [-0.4, -0.2) is 26.2 Å². The van der Waals surface area contributed by atoms with E-state index in [1.165, 1.54) is 0 Å². The van der Waals surface area contributed by atoms with E-state index in [1.54, 1.807) is 7.11 Å². The number of hydrogen-bond donors (Lipinski definition) is 1. The van der Waals surface area contributed by atoms with Crippen LogP contribution in [0.25, 0.3) is 0 Å². The van der Waals surface area contributed by atoms with E-state index in [1.807, 2.05) is 13.8 Å². The third-order valence-corrected chi connectivity index (χ3v) is 3.52. The molecule has 1 saturated carbocycles. The maximum atomic E-state index is 11.8. The highest BCUT2D eigenvalue weighted by atomic mass is 16.5. The molecule has 96 valence electrons. The minimum atomic E-state index is -0.534. The average Bonchev–Trinajstić information content (AvgIpc) is 3.05. The van der Waals surface area contributed by atoms with Crippen molar-refractivity contribution in [3.63, 3.8) is 0 Å². The van der Waals surface area contributed by atoms with Crippen molar-refractivity contribution in [3.05, 3.63) is 0 Å². The number of nitriles is 1. The Kier molecular flexibility index (Phi) is 4.95. The second kappa shape index (κ2) is 6.02. The molecule has 0 aliphatic heterocycles. The number of carbonyl (C=O) groups excluding carboxylic acids is 1. The Hall–Kier alpha value is -1.08. The van der Waals surface area contributed by atoms with Crippen LogP contribution in [0.15, 0.2) is 0 Å². The molecular formula is C13H22N2O2. The summed E-state index contributed by atoms with van der Waals surface area (Å²) in [5.41, 5.74) is 0.239. The molecule has 1 amide bonds. The Bertz CT molecular complexity index is 303. The zero-order valence-corrected chi connectivity index (χ0v) is 11.0. The Morgan fingerprint density at radius 3 is 2.59 bits per heavy atom. The standard InChI is InChI=1S/C13H22N2O2/c1-10(2)11(8-14)12(16)15-9-13(4-5-13)6-7-17-3/h10-11H,4-7,9H2,1-3H3,(H,15,16).